The summed E-state index contributed by atoms with van der Waals surface area (Å²) in [5.74, 6) is -0.823. The Balaban J connectivity index is 2.51. The number of nitrogens with one attached hydrogen (secondary N) is 1. The normalized spacial score (nSPS) is 31.7. The SMILES string of the molecule is COC1CCCNC1C(=O)O. The molecule has 2 N–H and O–H groups in total. The molecule has 1 saturated heterocycles. The molecule has 4 heteroatoms. The number of piperidine rings is 1. The van der Waals surface area contributed by atoms with Gasteiger partial charge in [0.05, 0.1) is 6.10 Å². The number of carboxylic acid groups (broad SMARTS) is 1. The summed E-state index contributed by atoms with van der Waals surface area (Å²) in [5, 5.41) is 11.6. The number of carbonyl (C=O) groups is 1. The van der Waals surface area contributed by atoms with Gasteiger partial charge in [0.15, 0.2) is 0 Å². The highest BCUT2D eigenvalue weighted by molar-refractivity contribution is 5.74. The van der Waals surface area contributed by atoms with Crippen LogP contribution in [0, 0.1) is 0 Å². The van der Waals surface area contributed by atoms with Gasteiger partial charge in [-0.05, 0) is 19.4 Å². The number of methoxy groups -OCH3 is 1. The van der Waals surface area contributed by atoms with Gasteiger partial charge in [0.2, 0.25) is 0 Å². The van der Waals surface area contributed by atoms with Gasteiger partial charge in [0.25, 0.3) is 0 Å². The quantitative estimate of drug-likeness (QED) is 0.587. The van der Waals surface area contributed by atoms with Gasteiger partial charge in [-0.3, -0.25) is 4.79 Å². The highest BCUT2D eigenvalue weighted by Gasteiger charge is 2.29. The molecule has 2 unspecified atom stereocenters. The second-order valence-corrected chi connectivity index (χ2v) is 2.69. The fourth-order valence-electron chi connectivity index (χ4n) is 1.36. The van der Waals surface area contributed by atoms with Crippen molar-refractivity contribution in [3.63, 3.8) is 0 Å². The molecule has 1 fully saturated rings. The molecule has 0 amide bonds. The lowest BCUT2D eigenvalue weighted by atomic mass is 10.0. The Morgan fingerprint density at radius 3 is 2.91 bits per heavy atom. The average molecular weight is 159 g/mol. The first-order valence-electron chi connectivity index (χ1n) is 3.74. The van der Waals surface area contributed by atoms with Crippen LogP contribution in [0.25, 0.3) is 0 Å². The number of hydrogen-bond acceptors (Lipinski definition) is 3. The Morgan fingerprint density at radius 1 is 1.73 bits per heavy atom. The molecule has 1 aliphatic heterocycles. The van der Waals surface area contributed by atoms with E-state index in [0.29, 0.717) is 0 Å². The fourth-order valence-corrected chi connectivity index (χ4v) is 1.36. The van der Waals surface area contributed by atoms with E-state index in [1.54, 1.807) is 7.11 Å². The number of ether oxygens (including phenoxy) is 1. The van der Waals surface area contributed by atoms with Crippen molar-refractivity contribution in [2.75, 3.05) is 13.7 Å². The average Bonchev–Trinajstić information content (AvgIpc) is 2.04. The van der Waals surface area contributed by atoms with Gasteiger partial charge in [-0.1, -0.05) is 0 Å². The van der Waals surface area contributed by atoms with Gasteiger partial charge in [0, 0.05) is 7.11 Å². The second-order valence-electron chi connectivity index (χ2n) is 2.69. The summed E-state index contributed by atoms with van der Waals surface area (Å²) < 4.78 is 5.02. The molecule has 0 aromatic heterocycles. The molecule has 0 bridgehead atoms. The van der Waals surface area contributed by atoms with Crippen molar-refractivity contribution in [1.29, 1.82) is 0 Å². The summed E-state index contributed by atoms with van der Waals surface area (Å²) in [6.45, 7) is 0.775. The summed E-state index contributed by atoms with van der Waals surface area (Å²) in [5.41, 5.74) is 0. The van der Waals surface area contributed by atoms with Crippen molar-refractivity contribution in [2.24, 2.45) is 0 Å². The van der Waals surface area contributed by atoms with Crippen LogP contribution in [-0.4, -0.2) is 36.9 Å². The predicted octanol–water partition coefficient (Wildman–Crippen LogP) is -0.162. The Bertz CT molecular complexity index is 149. The lowest BCUT2D eigenvalue weighted by Crippen LogP contribution is -2.50. The van der Waals surface area contributed by atoms with Crippen LogP contribution < -0.4 is 5.32 Å². The van der Waals surface area contributed by atoms with Crippen LogP contribution in [0.1, 0.15) is 12.8 Å². The summed E-state index contributed by atoms with van der Waals surface area (Å²) in [6, 6.07) is -0.520. The third kappa shape index (κ3) is 1.91. The molecule has 0 aromatic carbocycles. The van der Waals surface area contributed by atoms with E-state index in [0.717, 1.165) is 19.4 Å². The molecule has 1 heterocycles. The Hall–Kier alpha value is -0.610. The van der Waals surface area contributed by atoms with Gasteiger partial charge < -0.3 is 15.2 Å². The van der Waals surface area contributed by atoms with E-state index >= 15 is 0 Å². The first-order chi connectivity index (χ1) is 5.25. The molecular formula is C7H13NO3. The smallest absolute Gasteiger partial charge is 0.323 e. The van der Waals surface area contributed by atoms with Crippen molar-refractivity contribution >= 4 is 5.97 Å². The first kappa shape index (κ1) is 8.49. The molecule has 11 heavy (non-hydrogen) atoms. The third-order valence-corrected chi connectivity index (χ3v) is 1.97. The number of carboxylic acids is 1. The Labute approximate surface area is 65.5 Å². The van der Waals surface area contributed by atoms with Crippen molar-refractivity contribution in [3.8, 4) is 0 Å². The molecule has 1 aliphatic rings. The highest BCUT2D eigenvalue weighted by Crippen LogP contribution is 2.11. The molecule has 1 rings (SSSR count). The minimum absolute atomic E-state index is 0.166. The zero-order chi connectivity index (χ0) is 8.27. The molecule has 0 saturated carbocycles. The van der Waals surface area contributed by atoms with Gasteiger partial charge in [0.1, 0.15) is 6.04 Å². The molecule has 0 spiro atoms. The van der Waals surface area contributed by atoms with Crippen molar-refractivity contribution in [3.05, 3.63) is 0 Å². The minimum atomic E-state index is -0.823. The third-order valence-electron chi connectivity index (χ3n) is 1.97. The number of hydrogen-bond donors (Lipinski definition) is 2. The van der Waals surface area contributed by atoms with E-state index in [1.165, 1.54) is 0 Å². The van der Waals surface area contributed by atoms with E-state index < -0.39 is 12.0 Å². The standard InChI is InChI=1S/C7H13NO3/c1-11-5-3-2-4-8-6(5)7(9)10/h5-6,8H,2-4H2,1H3,(H,9,10). The largest absolute Gasteiger partial charge is 0.480 e. The maximum absolute atomic E-state index is 10.6. The summed E-state index contributed by atoms with van der Waals surface area (Å²) in [6.07, 6.45) is 1.66. The van der Waals surface area contributed by atoms with E-state index in [9.17, 15) is 4.79 Å². The minimum Gasteiger partial charge on any atom is -0.480 e. The van der Waals surface area contributed by atoms with Crippen LogP contribution in [0.15, 0.2) is 0 Å². The molecule has 0 aliphatic carbocycles. The monoisotopic (exact) mass is 159 g/mol. The lowest BCUT2D eigenvalue weighted by molar-refractivity contribution is -0.144. The lowest BCUT2D eigenvalue weighted by Gasteiger charge is -2.28. The molecule has 2 atom stereocenters. The maximum Gasteiger partial charge on any atom is 0.323 e. The first-order valence-corrected chi connectivity index (χ1v) is 3.74. The van der Waals surface area contributed by atoms with E-state index in [-0.39, 0.29) is 6.10 Å². The number of rotatable bonds is 2. The molecular weight excluding hydrogens is 146 g/mol. The Morgan fingerprint density at radius 2 is 2.45 bits per heavy atom. The predicted molar refractivity (Wildman–Crippen MR) is 39.5 cm³/mol. The topological polar surface area (TPSA) is 58.6 Å². The van der Waals surface area contributed by atoms with Gasteiger partial charge >= 0.3 is 5.97 Å². The summed E-state index contributed by atoms with van der Waals surface area (Å²) >= 11 is 0. The van der Waals surface area contributed by atoms with Crippen LogP contribution >= 0.6 is 0 Å². The van der Waals surface area contributed by atoms with E-state index in [2.05, 4.69) is 5.32 Å². The second kappa shape index (κ2) is 3.69. The van der Waals surface area contributed by atoms with E-state index in [4.69, 9.17) is 9.84 Å². The van der Waals surface area contributed by atoms with Crippen molar-refractivity contribution in [1.82, 2.24) is 5.32 Å². The zero-order valence-corrected chi connectivity index (χ0v) is 6.54. The van der Waals surface area contributed by atoms with Gasteiger partial charge in [-0.15, -0.1) is 0 Å². The number of aliphatic carboxylic acids is 1. The van der Waals surface area contributed by atoms with Crippen LogP contribution in [0.4, 0.5) is 0 Å². The summed E-state index contributed by atoms with van der Waals surface area (Å²) in [7, 11) is 1.55. The van der Waals surface area contributed by atoms with Crippen LogP contribution in [0.5, 0.6) is 0 Å². The fraction of sp³-hybridized carbons (Fsp3) is 0.857. The summed E-state index contributed by atoms with van der Waals surface area (Å²) in [4.78, 5) is 10.6. The van der Waals surface area contributed by atoms with Crippen molar-refractivity contribution in [2.45, 2.75) is 25.0 Å². The van der Waals surface area contributed by atoms with Crippen molar-refractivity contribution < 1.29 is 14.6 Å². The molecule has 0 radical (unpaired) electrons. The molecule has 64 valence electrons. The van der Waals surface area contributed by atoms with Gasteiger partial charge in [-0.2, -0.15) is 0 Å². The van der Waals surface area contributed by atoms with Crippen LogP contribution in [-0.2, 0) is 9.53 Å². The molecule has 0 aromatic rings. The van der Waals surface area contributed by atoms with Crippen LogP contribution in [0.2, 0.25) is 0 Å². The zero-order valence-electron chi connectivity index (χ0n) is 6.54. The maximum atomic E-state index is 10.6. The highest BCUT2D eigenvalue weighted by atomic mass is 16.5. The van der Waals surface area contributed by atoms with E-state index in [1.807, 2.05) is 0 Å². The van der Waals surface area contributed by atoms with Crippen LogP contribution in [0.3, 0.4) is 0 Å². The molecule has 4 nitrogen and oxygen atoms in total. The Kier molecular flexibility index (Phi) is 2.84. The van der Waals surface area contributed by atoms with Gasteiger partial charge in [-0.25, -0.2) is 0 Å².